The van der Waals surface area contributed by atoms with E-state index in [1.807, 2.05) is 38.1 Å². The molecular weight excluding hydrogens is 204 g/mol. The number of rotatable bonds is 5. The fourth-order valence-corrected chi connectivity index (χ4v) is 1.63. The van der Waals surface area contributed by atoms with Crippen LogP contribution in [0.4, 0.5) is 0 Å². The van der Waals surface area contributed by atoms with Crippen LogP contribution in [0.15, 0.2) is 24.3 Å². The van der Waals surface area contributed by atoms with E-state index in [-0.39, 0.29) is 5.92 Å². The number of hydrogen-bond acceptors (Lipinski definition) is 2. The van der Waals surface area contributed by atoms with Crippen molar-refractivity contribution in [1.82, 2.24) is 0 Å². The van der Waals surface area contributed by atoms with E-state index in [2.05, 4.69) is 0 Å². The monoisotopic (exact) mass is 222 g/mol. The average Bonchev–Trinajstić information content (AvgIpc) is 2.28. The van der Waals surface area contributed by atoms with Gasteiger partial charge in [-0.2, -0.15) is 0 Å². The maximum Gasteiger partial charge on any atom is 0.306 e. The van der Waals surface area contributed by atoms with Crippen LogP contribution in [-0.2, 0) is 4.79 Å². The first-order valence-corrected chi connectivity index (χ1v) is 5.52. The standard InChI is InChI=1S/C13H18O3/c1-4-16-12-8-6-5-7-11(12)9(2)10(3)13(14)15/h5-10H,4H2,1-3H3,(H,14,15). The minimum atomic E-state index is -0.779. The van der Waals surface area contributed by atoms with Gasteiger partial charge in [-0.1, -0.05) is 32.0 Å². The Morgan fingerprint density at radius 2 is 2.00 bits per heavy atom. The zero-order chi connectivity index (χ0) is 12.1. The highest BCUT2D eigenvalue weighted by atomic mass is 16.5. The van der Waals surface area contributed by atoms with E-state index in [9.17, 15) is 4.79 Å². The van der Waals surface area contributed by atoms with E-state index in [4.69, 9.17) is 9.84 Å². The second-order valence-electron chi connectivity index (χ2n) is 3.89. The van der Waals surface area contributed by atoms with Gasteiger partial charge in [-0.3, -0.25) is 4.79 Å². The van der Waals surface area contributed by atoms with Crippen molar-refractivity contribution in [2.45, 2.75) is 26.7 Å². The van der Waals surface area contributed by atoms with Crippen LogP contribution in [0.3, 0.4) is 0 Å². The summed E-state index contributed by atoms with van der Waals surface area (Å²) in [5, 5.41) is 8.99. The van der Waals surface area contributed by atoms with Crippen LogP contribution in [0, 0.1) is 5.92 Å². The molecule has 0 bridgehead atoms. The minimum Gasteiger partial charge on any atom is -0.494 e. The molecule has 0 amide bonds. The van der Waals surface area contributed by atoms with E-state index in [0.29, 0.717) is 6.61 Å². The maximum atomic E-state index is 10.9. The van der Waals surface area contributed by atoms with Gasteiger partial charge in [0.1, 0.15) is 5.75 Å². The van der Waals surface area contributed by atoms with Crippen molar-refractivity contribution in [3.8, 4) is 5.75 Å². The van der Waals surface area contributed by atoms with Gasteiger partial charge < -0.3 is 9.84 Å². The maximum absolute atomic E-state index is 10.9. The molecule has 1 aromatic rings. The lowest BCUT2D eigenvalue weighted by molar-refractivity contribution is -0.141. The molecule has 88 valence electrons. The van der Waals surface area contributed by atoms with Crippen LogP contribution in [0.25, 0.3) is 0 Å². The summed E-state index contributed by atoms with van der Waals surface area (Å²) in [6, 6.07) is 7.61. The minimum absolute atomic E-state index is 0.0553. The Hall–Kier alpha value is -1.51. The lowest BCUT2D eigenvalue weighted by atomic mass is 9.88. The average molecular weight is 222 g/mol. The molecule has 0 aromatic heterocycles. The Labute approximate surface area is 96.1 Å². The molecule has 3 nitrogen and oxygen atoms in total. The van der Waals surface area contributed by atoms with Crippen molar-refractivity contribution in [2.24, 2.45) is 5.92 Å². The molecule has 0 fully saturated rings. The first-order valence-electron chi connectivity index (χ1n) is 5.52. The van der Waals surface area contributed by atoms with Gasteiger partial charge in [-0.25, -0.2) is 0 Å². The number of aliphatic carboxylic acids is 1. The Balaban J connectivity index is 2.97. The fourth-order valence-electron chi connectivity index (χ4n) is 1.63. The number of carboxylic acids is 1. The van der Waals surface area contributed by atoms with Crippen LogP contribution in [0.5, 0.6) is 5.75 Å². The summed E-state index contributed by atoms with van der Waals surface area (Å²) in [7, 11) is 0. The summed E-state index contributed by atoms with van der Waals surface area (Å²) < 4.78 is 5.50. The summed E-state index contributed by atoms with van der Waals surface area (Å²) in [6.45, 7) is 6.14. The molecule has 1 aromatic carbocycles. The second kappa shape index (κ2) is 5.54. The summed E-state index contributed by atoms with van der Waals surface area (Å²) in [6.07, 6.45) is 0. The fraction of sp³-hybridized carbons (Fsp3) is 0.462. The van der Waals surface area contributed by atoms with E-state index in [0.717, 1.165) is 11.3 Å². The normalized spacial score (nSPS) is 14.2. The van der Waals surface area contributed by atoms with Crippen molar-refractivity contribution < 1.29 is 14.6 Å². The molecule has 0 aliphatic rings. The molecule has 0 radical (unpaired) electrons. The molecule has 1 N–H and O–H groups in total. The molecule has 0 aliphatic heterocycles. The van der Waals surface area contributed by atoms with Crippen LogP contribution in [0.2, 0.25) is 0 Å². The van der Waals surface area contributed by atoms with Gasteiger partial charge >= 0.3 is 5.97 Å². The van der Waals surface area contributed by atoms with Gasteiger partial charge in [0.15, 0.2) is 0 Å². The molecule has 16 heavy (non-hydrogen) atoms. The molecular formula is C13H18O3. The van der Waals surface area contributed by atoms with Crippen molar-refractivity contribution >= 4 is 5.97 Å². The highest BCUT2D eigenvalue weighted by Crippen LogP contribution is 2.31. The smallest absolute Gasteiger partial charge is 0.306 e. The number of para-hydroxylation sites is 1. The Morgan fingerprint density at radius 3 is 2.56 bits per heavy atom. The van der Waals surface area contributed by atoms with Crippen LogP contribution >= 0.6 is 0 Å². The van der Waals surface area contributed by atoms with E-state index in [1.165, 1.54) is 0 Å². The second-order valence-corrected chi connectivity index (χ2v) is 3.89. The number of benzene rings is 1. The predicted octanol–water partition coefficient (Wildman–Crippen LogP) is 2.91. The highest BCUT2D eigenvalue weighted by Gasteiger charge is 2.23. The van der Waals surface area contributed by atoms with Crippen molar-refractivity contribution in [3.63, 3.8) is 0 Å². The number of hydrogen-bond donors (Lipinski definition) is 1. The summed E-state index contributed by atoms with van der Waals surface area (Å²) in [5.74, 6) is -0.466. The third-order valence-electron chi connectivity index (χ3n) is 2.85. The zero-order valence-corrected chi connectivity index (χ0v) is 9.93. The molecule has 2 atom stereocenters. The van der Waals surface area contributed by atoms with Crippen molar-refractivity contribution in [2.75, 3.05) is 6.61 Å². The van der Waals surface area contributed by atoms with Crippen LogP contribution in [-0.4, -0.2) is 17.7 Å². The molecule has 2 unspecified atom stereocenters. The number of ether oxygens (including phenoxy) is 1. The topological polar surface area (TPSA) is 46.5 Å². The van der Waals surface area contributed by atoms with Crippen LogP contribution < -0.4 is 4.74 Å². The first kappa shape index (κ1) is 12.6. The molecule has 0 saturated heterocycles. The Bertz CT molecular complexity index is 360. The molecule has 1 rings (SSSR count). The van der Waals surface area contributed by atoms with Gasteiger partial charge in [0.25, 0.3) is 0 Å². The first-order chi connectivity index (χ1) is 7.57. The van der Waals surface area contributed by atoms with Crippen molar-refractivity contribution in [1.29, 1.82) is 0 Å². The van der Waals surface area contributed by atoms with Gasteiger partial charge in [-0.05, 0) is 24.5 Å². The molecule has 0 heterocycles. The summed E-state index contributed by atoms with van der Waals surface area (Å²) in [5.41, 5.74) is 0.958. The largest absolute Gasteiger partial charge is 0.494 e. The van der Waals surface area contributed by atoms with E-state index < -0.39 is 11.9 Å². The van der Waals surface area contributed by atoms with Crippen molar-refractivity contribution in [3.05, 3.63) is 29.8 Å². The number of carboxylic acid groups (broad SMARTS) is 1. The molecule has 0 aliphatic carbocycles. The summed E-state index contributed by atoms with van der Waals surface area (Å²) >= 11 is 0. The Morgan fingerprint density at radius 1 is 1.38 bits per heavy atom. The van der Waals surface area contributed by atoms with Gasteiger partial charge in [-0.15, -0.1) is 0 Å². The van der Waals surface area contributed by atoms with E-state index in [1.54, 1.807) is 6.92 Å². The molecule has 0 saturated carbocycles. The molecule has 3 heteroatoms. The third-order valence-corrected chi connectivity index (χ3v) is 2.85. The summed E-state index contributed by atoms with van der Waals surface area (Å²) in [4.78, 5) is 10.9. The predicted molar refractivity (Wildman–Crippen MR) is 62.8 cm³/mol. The van der Waals surface area contributed by atoms with Gasteiger partial charge in [0.2, 0.25) is 0 Å². The van der Waals surface area contributed by atoms with E-state index >= 15 is 0 Å². The Kier molecular flexibility index (Phi) is 4.35. The number of carbonyl (C=O) groups is 1. The lowest BCUT2D eigenvalue weighted by Gasteiger charge is -2.19. The van der Waals surface area contributed by atoms with Crippen LogP contribution in [0.1, 0.15) is 32.3 Å². The van der Waals surface area contributed by atoms with Gasteiger partial charge in [0, 0.05) is 0 Å². The van der Waals surface area contributed by atoms with Gasteiger partial charge in [0.05, 0.1) is 12.5 Å². The molecule has 0 spiro atoms. The quantitative estimate of drug-likeness (QED) is 0.833. The SMILES string of the molecule is CCOc1ccccc1C(C)C(C)C(=O)O. The third kappa shape index (κ3) is 2.75. The highest BCUT2D eigenvalue weighted by molar-refractivity contribution is 5.71. The zero-order valence-electron chi connectivity index (χ0n) is 9.93. The lowest BCUT2D eigenvalue weighted by Crippen LogP contribution is -2.17.